The molecule has 0 bridgehead atoms. The van der Waals surface area contributed by atoms with Crippen molar-refractivity contribution in [3.8, 4) is 11.5 Å². The van der Waals surface area contributed by atoms with E-state index < -0.39 is 26.4 Å². The minimum absolute atomic E-state index is 0.0373. The van der Waals surface area contributed by atoms with Crippen LogP contribution in [-0.4, -0.2) is 23.2 Å². The Bertz CT molecular complexity index is 1210. The van der Waals surface area contributed by atoms with Crippen LogP contribution < -0.4 is 0 Å². The smallest absolute Gasteiger partial charge is 0.283 e. The Balaban J connectivity index is 2.66. The van der Waals surface area contributed by atoms with Crippen LogP contribution in [0.25, 0.3) is 0 Å². The van der Waals surface area contributed by atoms with Crippen LogP contribution in [0.1, 0.15) is 16.7 Å². The van der Waals surface area contributed by atoms with Crippen LogP contribution in [0.5, 0.6) is 11.5 Å². The Morgan fingerprint density at radius 2 is 1.31 bits per heavy atom. The summed E-state index contributed by atoms with van der Waals surface area (Å²) in [6.45, 7) is 0. The average Bonchev–Trinajstić information content (AvgIpc) is 2.63. The predicted molar refractivity (Wildman–Crippen MR) is 114 cm³/mol. The molecule has 0 aliphatic heterocycles. The molecule has 1 unspecified atom stereocenters. The Morgan fingerprint density at radius 1 is 0.690 bits per heavy atom. The molecule has 3 N–H and O–H groups in total. The van der Waals surface area contributed by atoms with E-state index in [1.54, 1.807) is 6.07 Å². The fraction of sp³-hybridized carbons (Fsp3) is 0.0526. The second kappa shape index (κ2) is 7.87. The standard InChI is InChI=1S/C19H12Cl4O5S/c20-10-5-6-15(22)12(7-10)19(29(26,27)28,11-3-1-2-4-14(11)21)13-8-16(23)18(25)9-17(13)24/h1-9,24-25H,(H,26,27,28). The molecular weight excluding hydrogens is 482 g/mol. The summed E-state index contributed by atoms with van der Waals surface area (Å²) in [5.74, 6) is -1.16. The van der Waals surface area contributed by atoms with Gasteiger partial charge in [0.1, 0.15) is 11.5 Å². The molecule has 0 saturated carbocycles. The van der Waals surface area contributed by atoms with E-state index in [0.29, 0.717) is 0 Å². The normalized spacial score (nSPS) is 13.8. The second-order valence-electron chi connectivity index (χ2n) is 6.08. The van der Waals surface area contributed by atoms with Gasteiger partial charge in [0.2, 0.25) is 0 Å². The van der Waals surface area contributed by atoms with Gasteiger partial charge in [-0.25, -0.2) is 0 Å². The van der Waals surface area contributed by atoms with E-state index in [0.717, 1.165) is 12.1 Å². The van der Waals surface area contributed by atoms with Crippen molar-refractivity contribution in [1.82, 2.24) is 0 Å². The van der Waals surface area contributed by atoms with Gasteiger partial charge < -0.3 is 10.2 Å². The molecule has 10 heteroatoms. The molecule has 1 atom stereocenters. The van der Waals surface area contributed by atoms with Gasteiger partial charge in [-0.05, 0) is 30.3 Å². The first-order chi connectivity index (χ1) is 13.5. The SMILES string of the molecule is O=S(=O)(O)C(c1cc(Cl)c(O)cc1O)(c1ccccc1Cl)c1cc(Cl)ccc1Cl. The summed E-state index contributed by atoms with van der Waals surface area (Å²) in [5, 5.41) is 20.1. The maximum absolute atomic E-state index is 13.0. The quantitative estimate of drug-likeness (QED) is 0.311. The Labute approximate surface area is 186 Å². The third-order valence-electron chi connectivity index (χ3n) is 4.39. The molecule has 0 aliphatic carbocycles. The molecule has 29 heavy (non-hydrogen) atoms. The number of phenolic OH excluding ortho intramolecular Hbond substituents is 2. The molecular formula is C19H12Cl4O5S. The van der Waals surface area contributed by atoms with Crippen molar-refractivity contribution in [2.24, 2.45) is 0 Å². The highest BCUT2D eigenvalue weighted by atomic mass is 35.5. The molecule has 3 aromatic carbocycles. The van der Waals surface area contributed by atoms with Crippen molar-refractivity contribution >= 4 is 56.5 Å². The summed E-state index contributed by atoms with van der Waals surface area (Å²) in [4.78, 5) is 0. The molecule has 0 fully saturated rings. The fourth-order valence-corrected chi connectivity index (χ4v) is 5.53. The van der Waals surface area contributed by atoms with E-state index in [-0.39, 0.29) is 36.8 Å². The molecule has 0 radical (unpaired) electrons. The number of hydrogen-bond acceptors (Lipinski definition) is 4. The van der Waals surface area contributed by atoms with Crippen LogP contribution in [0.3, 0.4) is 0 Å². The number of halogens is 4. The Morgan fingerprint density at radius 3 is 1.93 bits per heavy atom. The van der Waals surface area contributed by atoms with E-state index in [1.165, 1.54) is 36.4 Å². The molecule has 0 amide bonds. The summed E-state index contributed by atoms with van der Waals surface area (Å²) in [5.41, 5.74) is -0.648. The minimum Gasteiger partial charge on any atom is -0.507 e. The summed E-state index contributed by atoms with van der Waals surface area (Å²) in [6, 6.07) is 11.7. The lowest BCUT2D eigenvalue weighted by atomic mass is 9.83. The highest BCUT2D eigenvalue weighted by Crippen LogP contribution is 2.52. The van der Waals surface area contributed by atoms with E-state index in [2.05, 4.69) is 0 Å². The van der Waals surface area contributed by atoms with Gasteiger partial charge >= 0.3 is 0 Å². The topological polar surface area (TPSA) is 94.8 Å². The van der Waals surface area contributed by atoms with Crippen molar-refractivity contribution in [1.29, 1.82) is 0 Å². The molecule has 0 aromatic heterocycles. The van der Waals surface area contributed by atoms with Crippen LogP contribution in [0, 0.1) is 0 Å². The Hall–Kier alpha value is -1.67. The van der Waals surface area contributed by atoms with Gasteiger partial charge in [0.25, 0.3) is 10.1 Å². The Kier molecular flexibility index (Phi) is 5.98. The van der Waals surface area contributed by atoms with Crippen molar-refractivity contribution in [2.45, 2.75) is 4.75 Å². The van der Waals surface area contributed by atoms with Gasteiger partial charge in [-0.3, -0.25) is 4.55 Å². The van der Waals surface area contributed by atoms with Gasteiger partial charge in [-0.15, -0.1) is 0 Å². The lowest BCUT2D eigenvalue weighted by molar-refractivity contribution is 0.431. The van der Waals surface area contributed by atoms with Gasteiger partial charge in [0, 0.05) is 37.8 Å². The largest absolute Gasteiger partial charge is 0.507 e. The zero-order valence-electron chi connectivity index (χ0n) is 14.3. The average molecular weight is 494 g/mol. The summed E-state index contributed by atoms with van der Waals surface area (Å²) < 4.78 is 34.0. The molecule has 0 heterocycles. The van der Waals surface area contributed by atoms with E-state index in [1.807, 2.05) is 0 Å². The van der Waals surface area contributed by atoms with Gasteiger partial charge in [-0.2, -0.15) is 8.42 Å². The van der Waals surface area contributed by atoms with Crippen LogP contribution in [-0.2, 0) is 14.9 Å². The first-order valence-corrected chi connectivity index (χ1v) is 10.8. The third-order valence-corrected chi connectivity index (χ3v) is 7.02. The maximum Gasteiger partial charge on any atom is 0.283 e. The van der Waals surface area contributed by atoms with Gasteiger partial charge in [-0.1, -0.05) is 64.6 Å². The van der Waals surface area contributed by atoms with Crippen molar-refractivity contribution in [3.63, 3.8) is 0 Å². The van der Waals surface area contributed by atoms with E-state index >= 15 is 0 Å². The monoisotopic (exact) mass is 492 g/mol. The highest BCUT2D eigenvalue weighted by Gasteiger charge is 2.52. The molecule has 3 aromatic rings. The molecule has 5 nitrogen and oxygen atoms in total. The maximum atomic E-state index is 13.0. The number of benzene rings is 3. The number of hydrogen-bond donors (Lipinski definition) is 3. The number of aromatic hydroxyl groups is 2. The minimum atomic E-state index is -5.13. The lowest BCUT2D eigenvalue weighted by Crippen LogP contribution is -2.39. The third kappa shape index (κ3) is 3.65. The fourth-order valence-electron chi connectivity index (χ4n) is 3.20. The van der Waals surface area contributed by atoms with E-state index in [9.17, 15) is 23.2 Å². The van der Waals surface area contributed by atoms with Crippen molar-refractivity contribution in [3.05, 3.63) is 91.4 Å². The lowest BCUT2D eigenvalue weighted by Gasteiger charge is -2.34. The molecule has 3 rings (SSSR count). The predicted octanol–water partition coefficient (Wildman–Crippen LogP) is 5.89. The molecule has 0 spiro atoms. The van der Waals surface area contributed by atoms with Crippen LogP contribution in [0.2, 0.25) is 20.1 Å². The van der Waals surface area contributed by atoms with Gasteiger partial charge in [0.05, 0.1) is 5.02 Å². The van der Waals surface area contributed by atoms with Crippen molar-refractivity contribution < 1.29 is 23.2 Å². The molecule has 0 aliphatic rings. The number of rotatable bonds is 4. The zero-order chi connectivity index (χ0) is 21.6. The van der Waals surface area contributed by atoms with Gasteiger partial charge in [0.15, 0.2) is 4.75 Å². The summed E-state index contributed by atoms with van der Waals surface area (Å²) in [6.07, 6.45) is 0. The highest BCUT2D eigenvalue weighted by molar-refractivity contribution is 7.87. The first kappa shape index (κ1) is 22.0. The molecule has 152 valence electrons. The van der Waals surface area contributed by atoms with Crippen LogP contribution >= 0.6 is 46.4 Å². The van der Waals surface area contributed by atoms with Crippen LogP contribution in [0.4, 0.5) is 0 Å². The van der Waals surface area contributed by atoms with E-state index in [4.69, 9.17) is 46.4 Å². The summed E-state index contributed by atoms with van der Waals surface area (Å²) in [7, 11) is -5.13. The summed E-state index contributed by atoms with van der Waals surface area (Å²) >= 11 is 24.7. The van der Waals surface area contributed by atoms with Crippen molar-refractivity contribution in [2.75, 3.05) is 0 Å². The first-order valence-electron chi connectivity index (χ1n) is 7.89. The second-order valence-corrected chi connectivity index (χ2v) is 9.30. The van der Waals surface area contributed by atoms with Crippen LogP contribution in [0.15, 0.2) is 54.6 Å². The number of phenols is 2. The molecule has 0 saturated heterocycles. The zero-order valence-corrected chi connectivity index (χ0v) is 18.1.